The predicted molar refractivity (Wildman–Crippen MR) is 64.3 cm³/mol. The predicted octanol–water partition coefficient (Wildman–Crippen LogP) is 2.17. The van der Waals surface area contributed by atoms with Crippen LogP contribution in [0, 0.1) is 11.3 Å². The lowest BCUT2D eigenvalue weighted by Crippen LogP contribution is -2.56. The SMILES string of the molecule is CC1(C)CNC(C)(CC2CCCOC2)OC1. The molecule has 2 fully saturated rings. The van der Waals surface area contributed by atoms with Crippen LogP contribution in [-0.2, 0) is 9.47 Å². The van der Waals surface area contributed by atoms with Crippen LogP contribution in [0.4, 0.5) is 0 Å². The third-order valence-corrected chi connectivity index (χ3v) is 3.66. The van der Waals surface area contributed by atoms with Gasteiger partial charge in [-0.2, -0.15) is 0 Å². The van der Waals surface area contributed by atoms with Gasteiger partial charge in [0.25, 0.3) is 0 Å². The van der Waals surface area contributed by atoms with E-state index in [9.17, 15) is 0 Å². The van der Waals surface area contributed by atoms with Crippen molar-refractivity contribution in [2.24, 2.45) is 11.3 Å². The van der Waals surface area contributed by atoms with Crippen molar-refractivity contribution in [2.45, 2.75) is 45.8 Å². The van der Waals surface area contributed by atoms with E-state index in [0.29, 0.717) is 5.92 Å². The molecular weight excluding hydrogens is 202 g/mol. The summed E-state index contributed by atoms with van der Waals surface area (Å²) in [5, 5.41) is 3.56. The topological polar surface area (TPSA) is 30.5 Å². The summed E-state index contributed by atoms with van der Waals surface area (Å²) in [6, 6.07) is 0. The van der Waals surface area contributed by atoms with Crippen molar-refractivity contribution in [3.63, 3.8) is 0 Å². The van der Waals surface area contributed by atoms with E-state index in [1.165, 1.54) is 12.8 Å². The number of hydrogen-bond acceptors (Lipinski definition) is 3. The molecule has 94 valence electrons. The highest BCUT2D eigenvalue weighted by Crippen LogP contribution is 2.30. The van der Waals surface area contributed by atoms with Gasteiger partial charge in [0.05, 0.1) is 6.61 Å². The summed E-state index contributed by atoms with van der Waals surface area (Å²) in [6.45, 7) is 10.4. The van der Waals surface area contributed by atoms with E-state index in [4.69, 9.17) is 9.47 Å². The molecule has 0 aliphatic carbocycles. The lowest BCUT2D eigenvalue weighted by atomic mass is 9.88. The Morgan fingerprint density at radius 3 is 2.69 bits per heavy atom. The third-order valence-electron chi connectivity index (χ3n) is 3.66. The molecule has 1 N–H and O–H groups in total. The van der Waals surface area contributed by atoms with E-state index in [0.717, 1.165) is 32.8 Å². The van der Waals surface area contributed by atoms with Crippen molar-refractivity contribution in [1.82, 2.24) is 5.32 Å². The van der Waals surface area contributed by atoms with Gasteiger partial charge in [-0.25, -0.2) is 0 Å². The highest BCUT2D eigenvalue weighted by molar-refractivity contribution is 4.86. The van der Waals surface area contributed by atoms with Gasteiger partial charge in [0.15, 0.2) is 0 Å². The quantitative estimate of drug-likeness (QED) is 0.784. The lowest BCUT2D eigenvalue weighted by Gasteiger charge is -2.44. The first-order valence-corrected chi connectivity index (χ1v) is 6.46. The van der Waals surface area contributed by atoms with Crippen LogP contribution in [0.15, 0.2) is 0 Å². The van der Waals surface area contributed by atoms with E-state index >= 15 is 0 Å². The van der Waals surface area contributed by atoms with Gasteiger partial charge in [-0.05, 0) is 32.1 Å². The van der Waals surface area contributed by atoms with Crippen molar-refractivity contribution < 1.29 is 9.47 Å². The molecule has 2 atom stereocenters. The van der Waals surface area contributed by atoms with Crippen molar-refractivity contribution >= 4 is 0 Å². The molecular formula is C13H25NO2. The minimum Gasteiger partial charge on any atom is -0.381 e. The summed E-state index contributed by atoms with van der Waals surface area (Å²) in [6.07, 6.45) is 3.55. The fraction of sp³-hybridized carbons (Fsp3) is 1.00. The summed E-state index contributed by atoms with van der Waals surface area (Å²) in [4.78, 5) is 0. The molecule has 0 aromatic rings. The summed E-state index contributed by atoms with van der Waals surface area (Å²) < 4.78 is 11.5. The maximum Gasteiger partial charge on any atom is 0.116 e. The van der Waals surface area contributed by atoms with Crippen LogP contribution in [0.3, 0.4) is 0 Å². The average Bonchev–Trinajstić information content (AvgIpc) is 2.25. The summed E-state index contributed by atoms with van der Waals surface area (Å²) in [5.41, 5.74) is 0.128. The zero-order valence-corrected chi connectivity index (χ0v) is 10.8. The van der Waals surface area contributed by atoms with E-state index < -0.39 is 0 Å². The Balaban J connectivity index is 1.84. The monoisotopic (exact) mass is 227 g/mol. The Hall–Kier alpha value is -0.120. The van der Waals surface area contributed by atoms with Gasteiger partial charge < -0.3 is 9.47 Å². The number of nitrogens with one attached hydrogen (secondary N) is 1. The van der Waals surface area contributed by atoms with Gasteiger partial charge in [0.1, 0.15) is 5.72 Å². The number of ether oxygens (including phenoxy) is 2. The van der Waals surface area contributed by atoms with Crippen LogP contribution in [0.5, 0.6) is 0 Å². The molecule has 3 nitrogen and oxygen atoms in total. The first-order valence-electron chi connectivity index (χ1n) is 6.46. The fourth-order valence-electron chi connectivity index (χ4n) is 2.53. The van der Waals surface area contributed by atoms with Gasteiger partial charge in [-0.1, -0.05) is 13.8 Å². The molecule has 0 bridgehead atoms. The highest BCUT2D eigenvalue weighted by atomic mass is 16.5. The molecule has 0 saturated carbocycles. The van der Waals surface area contributed by atoms with Crippen LogP contribution >= 0.6 is 0 Å². The number of rotatable bonds is 2. The molecule has 2 unspecified atom stereocenters. The largest absolute Gasteiger partial charge is 0.381 e. The molecule has 2 heterocycles. The maximum absolute atomic E-state index is 6.02. The zero-order chi connectivity index (χ0) is 11.6. The Morgan fingerprint density at radius 1 is 1.31 bits per heavy atom. The third kappa shape index (κ3) is 3.19. The van der Waals surface area contributed by atoms with E-state index in [2.05, 4.69) is 26.1 Å². The Labute approximate surface area is 98.9 Å². The van der Waals surface area contributed by atoms with E-state index in [1.54, 1.807) is 0 Å². The van der Waals surface area contributed by atoms with Gasteiger partial charge in [-0.15, -0.1) is 0 Å². The molecule has 0 radical (unpaired) electrons. The van der Waals surface area contributed by atoms with E-state index in [1.807, 2.05) is 0 Å². The summed E-state index contributed by atoms with van der Waals surface area (Å²) >= 11 is 0. The minimum atomic E-state index is -0.138. The first-order chi connectivity index (χ1) is 7.49. The standard InChI is InChI=1S/C13H25NO2/c1-12(2)9-14-13(3,16-10-12)7-11-5-4-6-15-8-11/h11,14H,4-10H2,1-3H3. The molecule has 16 heavy (non-hydrogen) atoms. The van der Waals surface area contributed by atoms with Crippen molar-refractivity contribution in [1.29, 1.82) is 0 Å². The van der Waals surface area contributed by atoms with Gasteiger partial charge >= 0.3 is 0 Å². The molecule has 2 aliphatic heterocycles. The van der Waals surface area contributed by atoms with Crippen LogP contribution in [0.25, 0.3) is 0 Å². The Morgan fingerprint density at radius 2 is 2.12 bits per heavy atom. The molecule has 2 aliphatic rings. The van der Waals surface area contributed by atoms with Gasteiger partial charge in [0.2, 0.25) is 0 Å². The zero-order valence-electron chi connectivity index (χ0n) is 10.8. The number of hydrogen-bond donors (Lipinski definition) is 1. The van der Waals surface area contributed by atoms with Gasteiger partial charge in [0, 0.05) is 25.2 Å². The van der Waals surface area contributed by atoms with Crippen LogP contribution in [0.1, 0.15) is 40.0 Å². The molecule has 0 amide bonds. The summed E-state index contributed by atoms with van der Waals surface area (Å²) in [7, 11) is 0. The average molecular weight is 227 g/mol. The van der Waals surface area contributed by atoms with Crippen LogP contribution in [0.2, 0.25) is 0 Å². The van der Waals surface area contributed by atoms with Crippen molar-refractivity contribution in [3.05, 3.63) is 0 Å². The molecule has 0 spiro atoms. The maximum atomic E-state index is 6.02. The molecule has 2 saturated heterocycles. The van der Waals surface area contributed by atoms with Crippen LogP contribution in [-0.4, -0.2) is 32.1 Å². The summed E-state index contributed by atoms with van der Waals surface area (Å²) in [5.74, 6) is 0.660. The minimum absolute atomic E-state index is 0.138. The highest BCUT2D eigenvalue weighted by Gasteiger charge is 2.37. The van der Waals surface area contributed by atoms with Crippen LogP contribution < -0.4 is 5.32 Å². The second-order valence-corrected chi connectivity index (χ2v) is 6.32. The normalized spacial score (nSPS) is 39.6. The van der Waals surface area contributed by atoms with E-state index in [-0.39, 0.29) is 11.1 Å². The van der Waals surface area contributed by atoms with Gasteiger partial charge in [-0.3, -0.25) is 5.32 Å². The fourth-order valence-corrected chi connectivity index (χ4v) is 2.53. The second kappa shape index (κ2) is 4.63. The van der Waals surface area contributed by atoms with Crippen molar-refractivity contribution in [2.75, 3.05) is 26.4 Å². The molecule has 0 aromatic carbocycles. The lowest BCUT2D eigenvalue weighted by molar-refractivity contribution is -0.142. The van der Waals surface area contributed by atoms with Crippen molar-refractivity contribution in [3.8, 4) is 0 Å². The second-order valence-electron chi connectivity index (χ2n) is 6.32. The first kappa shape index (κ1) is 12.3. The molecule has 2 rings (SSSR count). The Bertz CT molecular complexity index is 224. The Kier molecular flexibility index (Phi) is 3.57. The molecule has 0 aromatic heterocycles. The smallest absolute Gasteiger partial charge is 0.116 e. The molecule has 3 heteroatoms.